The maximum Gasteiger partial charge on any atom is 0.491 e. The summed E-state index contributed by atoms with van der Waals surface area (Å²) in [6.45, 7) is 5.68. The Bertz CT molecular complexity index is 1840. The van der Waals surface area contributed by atoms with Crippen LogP contribution in [0.5, 0.6) is 5.75 Å². The lowest BCUT2D eigenvalue weighted by atomic mass is 9.62. The van der Waals surface area contributed by atoms with Crippen LogP contribution in [0.3, 0.4) is 0 Å². The second-order valence-corrected chi connectivity index (χ2v) is 13.5. The van der Waals surface area contributed by atoms with E-state index in [1.54, 1.807) is 11.9 Å². The van der Waals surface area contributed by atoms with Gasteiger partial charge in [0.1, 0.15) is 22.8 Å². The summed E-state index contributed by atoms with van der Waals surface area (Å²) in [5.41, 5.74) is -3.22. The van der Waals surface area contributed by atoms with Crippen molar-refractivity contribution in [2.24, 2.45) is 5.41 Å². The number of hydrogen-bond acceptors (Lipinski definition) is 7. The van der Waals surface area contributed by atoms with Crippen LogP contribution in [-0.2, 0) is 19.7 Å². The van der Waals surface area contributed by atoms with Crippen LogP contribution in [0.1, 0.15) is 54.6 Å². The first-order valence-corrected chi connectivity index (χ1v) is 15.4. The van der Waals surface area contributed by atoms with E-state index in [0.717, 1.165) is 31.4 Å². The van der Waals surface area contributed by atoms with Gasteiger partial charge in [-0.25, -0.2) is 18.4 Å². The number of anilines is 1. The number of halogens is 7. The van der Waals surface area contributed by atoms with Crippen molar-refractivity contribution in [1.29, 1.82) is 5.26 Å². The molecule has 8 nitrogen and oxygen atoms in total. The third-order valence-electron chi connectivity index (χ3n) is 8.33. The highest BCUT2D eigenvalue weighted by atomic mass is 35.5. The molecule has 0 radical (unpaired) electrons. The number of ether oxygens (including phenoxy) is 2. The molecule has 1 N–H and O–H groups in total. The van der Waals surface area contributed by atoms with E-state index in [-0.39, 0.29) is 39.0 Å². The smallest absolute Gasteiger partial charge is 0.491 e. The second-order valence-electron chi connectivity index (χ2n) is 12.7. The SMILES string of the molecule is COc1cc(C(=O)OC(=O)C(F)(F)F)ccc1NC(=O)[C@H]1[C@H](c2cccc(Cl)c2F)[C@@](C#N)(c2ccc(Cl)cc2F)[C@H](CC(C)(C)C)N1C. The van der Waals surface area contributed by atoms with Gasteiger partial charge in [0.15, 0.2) is 0 Å². The van der Waals surface area contributed by atoms with E-state index in [1.165, 1.54) is 30.3 Å². The van der Waals surface area contributed by atoms with Crippen molar-refractivity contribution in [2.75, 3.05) is 19.5 Å². The van der Waals surface area contributed by atoms with Crippen LogP contribution in [0.2, 0.25) is 10.0 Å². The molecule has 1 amide bonds. The predicted molar refractivity (Wildman–Crippen MR) is 170 cm³/mol. The van der Waals surface area contributed by atoms with Crippen LogP contribution in [0.25, 0.3) is 0 Å². The third kappa shape index (κ3) is 7.37. The summed E-state index contributed by atoms with van der Waals surface area (Å²) in [5, 5.41) is 13.5. The Hall–Kier alpha value is -4.25. The monoisotopic (exact) mass is 725 g/mol. The first kappa shape index (κ1) is 37.6. The number of likely N-dealkylation sites (tertiary alicyclic amines) is 1. The zero-order valence-electron chi connectivity index (χ0n) is 26.7. The Morgan fingerprint density at radius 3 is 2.29 bits per heavy atom. The molecule has 0 unspecified atom stereocenters. The lowest BCUT2D eigenvalue weighted by Gasteiger charge is -2.38. The number of amides is 1. The minimum atomic E-state index is -5.42. The van der Waals surface area contributed by atoms with E-state index in [4.69, 9.17) is 27.9 Å². The molecule has 0 spiro atoms. The molecule has 260 valence electrons. The van der Waals surface area contributed by atoms with Gasteiger partial charge < -0.3 is 14.8 Å². The van der Waals surface area contributed by atoms with E-state index in [2.05, 4.69) is 16.1 Å². The van der Waals surface area contributed by atoms with Crippen LogP contribution in [0, 0.1) is 28.4 Å². The molecule has 0 saturated carbocycles. The Labute approximate surface area is 288 Å². The molecule has 1 aliphatic rings. The van der Waals surface area contributed by atoms with Gasteiger partial charge in [0.2, 0.25) is 5.91 Å². The van der Waals surface area contributed by atoms with Crippen molar-refractivity contribution in [3.05, 3.63) is 93.0 Å². The fourth-order valence-corrected chi connectivity index (χ4v) is 6.65. The Morgan fingerprint density at radius 2 is 1.71 bits per heavy atom. The number of carbonyl (C=O) groups is 3. The average molecular weight is 727 g/mol. The highest BCUT2D eigenvalue weighted by Crippen LogP contribution is 2.56. The summed E-state index contributed by atoms with van der Waals surface area (Å²) in [7, 11) is 2.70. The molecule has 1 aliphatic heterocycles. The summed E-state index contributed by atoms with van der Waals surface area (Å²) in [4.78, 5) is 39.4. The van der Waals surface area contributed by atoms with Crippen LogP contribution in [-0.4, -0.2) is 55.2 Å². The first-order valence-electron chi connectivity index (χ1n) is 14.6. The standard InChI is InChI=1S/C34H30Cl2F5N3O5/c1-32(2,3)15-25-33(16-42,20-11-10-18(35)14-22(20)37)26(19-7-6-8-21(36)27(19)38)28(44(25)4)29(45)43-23-12-9-17(13-24(23)48-5)30(46)49-31(47)34(39,40)41/h6-14,25-26,28H,15H2,1-5H3,(H,43,45)/t25-,26-,28+,33-/m0/s1. The molecule has 1 saturated heterocycles. The maximum absolute atomic E-state index is 16.0. The fraction of sp³-hybridized carbons (Fsp3) is 0.353. The second kappa shape index (κ2) is 13.9. The van der Waals surface area contributed by atoms with Crippen LogP contribution >= 0.6 is 23.2 Å². The normalized spacial score (nSPS) is 21.2. The van der Waals surface area contributed by atoms with Gasteiger partial charge >= 0.3 is 18.1 Å². The Morgan fingerprint density at radius 1 is 1.04 bits per heavy atom. The number of nitrogens with zero attached hydrogens (tertiary/aromatic N) is 2. The number of methoxy groups -OCH3 is 1. The van der Waals surface area contributed by atoms with Crippen molar-refractivity contribution in [3.8, 4) is 11.8 Å². The molecule has 3 aromatic carbocycles. The summed E-state index contributed by atoms with van der Waals surface area (Å²) in [5.74, 6) is -8.51. The summed E-state index contributed by atoms with van der Waals surface area (Å²) >= 11 is 12.3. The average Bonchev–Trinajstić information content (AvgIpc) is 3.24. The van der Waals surface area contributed by atoms with Crippen molar-refractivity contribution >= 4 is 46.7 Å². The van der Waals surface area contributed by atoms with Crippen LogP contribution < -0.4 is 10.1 Å². The van der Waals surface area contributed by atoms with Gasteiger partial charge in [0, 0.05) is 22.5 Å². The van der Waals surface area contributed by atoms with Gasteiger partial charge in [0.25, 0.3) is 0 Å². The number of esters is 2. The lowest BCUT2D eigenvalue weighted by molar-refractivity contribution is -0.193. The van der Waals surface area contributed by atoms with E-state index >= 15 is 8.78 Å². The molecule has 1 heterocycles. The van der Waals surface area contributed by atoms with Gasteiger partial charge in [-0.1, -0.05) is 62.2 Å². The summed E-state index contributed by atoms with van der Waals surface area (Å²) in [6, 6.07) is 10.9. The number of carbonyl (C=O) groups excluding carboxylic acids is 3. The zero-order valence-corrected chi connectivity index (χ0v) is 28.2. The van der Waals surface area contributed by atoms with Crippen molar-refractivity contribution < 1.29 is 45.8 Å². The van der Waals surface area contributed by atoms with Crippen LogP contribution in [0.4, 0.5) is 27.6 Å². The van der Waals surface area contributed by atoms with E-state index in [0.29, 0.717) is 0 Å². The predicted octanol–water partition coefficient (Wildman–Crippen LogP) is 7.83. The van der Waals surface area contributed by atoms with Gasteiger partial charge in [-0.2, -0.15) is 18.4 Å². The molecular formula is C34H30Cl2F5N3O5. The number of rotatable bonds is 7. The minimum absolute atomic E-state index is 0.0510. The molecule has 15 heteroatoms. The number of likely N-dealkylation sites (N-methyl/N-ethyl adjacent to an activating group) is 1. The quantitative estimate of drug-likeness (QED) is 0.150. The number of alkyl halides is 3. The number of nitriles is 1. The highest BCUT2D eigenvalue weighted by Gasteiger charge is 2.64. The van der Waals surface area contributed by atoms with Gasteiger partial charge in [-0.05, 0) is 60.8 Å². The van der Waals surface area contributed by atoms with Crippen molar-refractivity contribution in [3.63, 3.8) is 0 Å². The zero-order chi connectivity index (χ0) is 36.6. The first-order chi connectivity index (χ1) is 22.8. The molecule has 0 bridgehead atoms. The molecule has 3 aromatic rings. The largest absolute Gasteiger partial charge is 0.495 e. The Kier molecular flexibility index (Phi) is 10.7. The topological polar surface area (TPSA) is 109 Å². The molecule has 4 rings (SSSR count). The summed E-state index contributed by atoms with van der Waals surface area (Å²) in [6.07, 6.45) is -5.18. The van der Waals surface area contributed by atoms with Gasteiger partial charge in [-0.15, -0.1) is 0 Å². The maximum atomic E-state index is 16.0. The van der Waals surface area contributed by atoms with E-state index in [9.17, 15) is 32.8 Å². The molecule has 49 heavy (non-hydrogen) atoms. The molecule has 1 fully saturated rings. The van der Waals surface area contributed by atoms with E-state index in [1.807, 2.05) is 20.8 Å². The van der Waals surface area contributed by atoms with Crippen LogP contribution in [0.15, 0.2) is 54.6 Å². The van der Waals surface area contributed by atoms with E-state index < -0.39 is 70.1 Å². The van der Waals surface area contributed by atoms with Crippen molar-refractivity contribution in [2.45, 2.75) is 56.8 Å². The number of hydrogen-bond donors (Lipinski definition) is 1. The lowest BCUT2D eigenvalue weighted by Crippen LogP contribution is -2.45. The third-order valence-corrected chi connectivity index (χ3v) is 8.85. The molecule has 4 atom stereocenters. The van der Waals surface area contributed by atoms with Gasteiger partial charge in [-0.3, -0.25) is 9.69 Å². The molecular weight excluding hydrogens is 696 g/mol. The molecule has 0 aliphatic carbocycles. The van der Waals surface area contributed by atoms with Gasteiger partial charge in [0.05, 0.1) is 35.5 Å². The molecule has 0 aromatic heterocycles. The highest BCUT2D eigenvalue weighted by molar-refractivity contribution is 6.31. The summed E-state index contributed by atoms with van der Waals surface area (Å²) < 4.78 is 79.0. The Balaban J connectivity index is 1.88. The van der Waals surface area contributed by atoms with Crippen molar-refractivity contribution in [1.82, 2.24) is 4.90 Å². The number of nitrogens with one attached hydrogen (secondary N) is 1. The fourth-order valence-electron chi connectivity index (χ4n) is 6.31. The minimum Gasteiger partial charge on any atom is -0.495 e. The number of benzene rings is 3.